The summed E-state index contributed by atoms with van der Waals surface area (Å²) in [6, 6.07) is 20.1. The Kier molecular flexibility index (Phi) is 16.2. The van der Waals surface area contributed by atoms with Crippen LogP contribution >= 0.6 is 0 Å². The molecule has 0 bridgehead atoms. The molecule has 31 heavy (non-hydrogen) atoms. The fraction of sp³-hybridized carbons (Fsp3) is 0.259. The summed E-state index contributed by atoms with van der Waals surface area (Å²) in [6.07, 6.45) is 18.6. The molecule has 2 aliphatic carbocycles. The molecule has 0 N–H and O–H groups in total. The van der Waals surface area contributed by atoms with Crippen LogP contribution < -0.4 is 24.8 Å². The van der Waals surface area contributed by atoms with Gasteiger partial charge in [0, 0.05) is 9.52 Å². The molecule has 1 heterocycles. The van der Waals surface area contributed by atoms with E-state index in [1.165, 1.54) is 61.4 Å². The molecule has 0 spiro atoms. The molecule has 0 saturated carbocycles. The van der Waals surface area contributed by atoms with E-state index in [0.29, 0.717) is 0 Å². The average molecular weight is 543 g/mol. The predicted molar refractivity (Wildman–Crippen MR) is 123 cm³/mol. The van der Waals surface area contributed by atoms with Crippen molar-refractivity contribution in [3.63, 3.8) is 0 Å². The molecule has 2 radical (unpaired) electrons. The third kappa shape index (κ3) is 10.5. The fourth-order valence-electron chi connectivity index (χ4n) is 3.01. The maximum Gasteiger partial charge on any atom is 4.00 e. The van der Waals surface area contributed by atoms with Crippen molar-refractivity contribution in [3.05, 3.63) is 107 Å². The summed E-state index contributed by atoms with van der Waals surface area (Å²) in [6.45, 7) is 4.23. The molecule has 0 atom stereocenters. The van der Waals surface area contributed by atoms with Gasteiger partial charge in [0.05, 0.1) is 0 Å². The molecule has 158 valence electrons. The van der Waals surface area contributed by atoms with Gasteiger partial charge < -0.3 is 24.8 Å². The first-order valence-corrected chi connectivity index (χ1v) is 11.5. The standard InChI is InChI=1S/2C12H11.C3H6Si.2ClH.Zr/c2*1-10-5-4-8-12(9-10)11-6-2-3-7-11;1-2-4-3-1;;;/h2*2,4-6,8-9H,3H2,1H3;1-3H2;2*1H;/q2*-1;;;;+4/p-2. The zero-order chi connectivity index (χ0) is 19.6. The Morgan fingerprint density at radius 1 is 0.710 bits per heavy atom. The summed E-state index contributed by atoms with van der Waals surface area (Å²) in [5, 5.41) is 0. The minimum absolute atomic E-state index is 0. The molecule has 2 aromatic carbocycles. The quantitative estimate of drug-likeness (QED) is 0.396. The van der Waals surface area contributed by atoms with Crippen LogP contribution in [0.25, 0.3) is 11.1 Å². The Bertz CT molecular complexity index is 833. The van der Waals surface area contributed by atoms with Crippen LogP contribution in [0.3, 0.4) is 0 Å². The molecular formula is C27H28Cl2SiZr. The molecule has 4 heteroatoms. The molecule has 1 fully saturated rings. The van der Waals surface area contributed by atoms with Gasteiger partial charge >= 0.3 is 26.2 Å². The van der Waals surface area contributed by atoms with E-state index in [9.17, 15) is 0 Å². The van der Waals surface area contributed by atoms with Crippen LogP contribution in [-0.4, -0.2) is 9.52 Å². The van der Waals surface area contributed by atoms with Gasteiger partial charge in [-0.05, 0) is 13.8 Å². The molecule has 0 aromatic heterocycles. The second kappa shape index (κ2) is 16.7. The predicted octanol–water partition coefficient (Wildman–Crippen LogP) is 1.22. The van der Waals surface area contributed by atoms with Crippen LogP contribution in [-0.2, 0) is 26.2 Å². The van der Waals surface area contributed by atoms with Crippen molar-refractivity contribution in [1.82, 2.24) is 0 Å². The van der Waals surface area contributed by atoms with E-state index in [0.717, 1.165) is 12.8 Å². The van der Waals surface area contributed by atoms with Crippen molar-refractivity contribution in [2.75, 3.05) is 0 Å². The second-order valence-electron chi connectivity index (χ2n) is 7.24. The molecule has 1 saturated heterocycles. The van der Waals surface area contributed by atoms with Gasteiger partial charge in [-0.2, -0.15) is 35.5 Å². The number of aryl methyl sites for hydroxylation is 2. The van der Waals surface area contributed by atoms with Gasteiger partial charge in [-0.25, -0.2) is 0 Å². The molecule has 0 amide bonds. The van der Waals surface area contributed by atoms with Crippen LogP contribution in [0.5, 0.6) is 0 Å². The number of benzene rings is 2. The number of hydrogen-bond donors (Lipinski definition) is 0. The van der Waals surface area contributed by atoms with Gasteiger partial charge in [0.15, 0.2) is 0 Å². The number of hydrogen-bond acceptors (Lipinski definition) is 0. The van der Waals surface area contributed by atoms with Crippen molar-refractivity contribution in [2.45, 2.75) is 45.2 Å². The summed E-state index contributed by atoms with van der Waals surface area (Å²) >= 11 is 0. The first kappa shape index (κ1) is 30.1. The molecule has 2 aromatic rings. The first-order valence-electron chi connectivity index (χ1n) is 10.1. The zero-order valence-electron chi connectivity index (χ0n) is 18.2. The van der Waals surface area contributed by atoms with E-state index in [-0.39, 0.29) is 51.0 Å². The first-order chi connectivity index (χ1) is 13.7. The molecule has 1 aliphatic heterocycles. The van der Waals surface area contributed by atoms with Crippen LogP contribution in [0.2, 0.25) is 12.1 Å². The Labute approximate surface area is 222 Å². The van der Waals surface area contributed by atoms with E-state index >= 15 is 0 Å². The normalized spacial score (nSPS) is 14.6. The van der Waals surface area contributed by atoms with Crippen molar-refractivity contribution < 1.29 is 51.0 Å². The summed E-state index contributed by atoms with van der Waals surface area (Å²) in [7, 11) is 1.32. The summed E-state index contributed by atoms with van der Waals surface area (Å²) in [5.74, 6) is 0. The maximum atomic E-state index is 3.31. The van der Waals surface area contributed by atoms with E-state index in [2.05, 4.69) is 98.8 Å². The Hall–Kier alpha value is -0.920. The van der Waals surface area contributed by atoms with Gasteiger partial charge in [0.2, 0.25) is 0 Å². The number of rotatable bonds is 2. The van der Waals surface area contributed by atoms with Crippen LogP contribution in [0, 0.1) is 26.0 Å². The van der Waals surface area contributed by atoms with Crippen molar-refractivity contribution >= 4 is 20.7 Å². The Balaban J connectivity index is 0.000000455. The van der Waals surface area contributed by atoms with Crippen LogP contribution in [0.1, 0.15) is 41.5 Å². The monoisotopic (exact) mass is 540 g/mol. The third-order valence-electron chi connectivity index (χ3n) is 4.76. The van der Waals surface area contributed by atoms with Crippen molar-refractivity contribution in [1.29, 1.82) is 0 Å². The van der Waals surface area contributed by atoms with Crippen LogP contribution in [0.4, 0.5) is 0 Å². The second-order valence-corrected chi connectivity index (χ2v) is 8.74. The van der Waals surface area contributed by atoms with E-state index in [4.69, 9.17) is 0 Å². The van der Waals surface area contributed by atoms with E-state index in [1.807, 2.05) is 0 Å². The van der Waals surface area contributed by atoms with Gasteiger partial charge in [-0.3, -0.25) is 0 Å². The summed E-state index contributed by atoms with van der Waals surface area (Å²) in [4.78, 5) is 0. The van der Waals surface area contributed by atoms with Crippen molar-refractivity contribution in [2.24, 2.45) is 0 Å². The Morgan fingerprint density at radius 3 is 1.35 bits per heavy atom. The maximum absolute atomic E-state index is 3.31. The summed E-state index contributed by atoms with van der Waals surface area (Å²) < 4.78 is 0. The summed E-state index contributed by atoms with van der Waals surface area (Å²) in [5.41, 5.74) is 7.65. The van der Waals surface area contributed by atoms with Gasteiger partial charge in [-0.15, -0.1) is 47.5 Å². The van der Waals surface area contributed by atoms with E-state index < -0.39 is 0 Å². The largest absolute Gasteiger partial charge is 4.00 e. The minimum atomic E-state index is 0. The molecule has 3 aliphatic rings. The SMILES string of the molecule is C1C[Si]C1.Cc1cccc(C2=[C-]CC=C2)c1.Cc1cccc(C2=[C-]CC=C2)c1.[Cl-].[Cl-].[Zr+4]. The average Bonchev–Trinajstić information content (AvgIpc) is 3.35. The van der Waals surface area contributed by atoms with Crippen LogP contribution in [0.15, 0.2) is 72.8 Å². The topological polar surface area (TPSA) is 0 Å². The molecule has 0 nitrogen and oxygen atoms in total. The third-order valence-corrected chi connectivity index (χ3v) is 6.17. The van der Waals surface area contributed by atoms with E-state index in [1.54, 1.807) is 0 Å². The minimum Gasteiger partial charge on any atom is -1.00 e. The smallest absolute Gasteiger partial charge is 1.00 e. The molecular weight excluding hydrogens is 515 g/mol. The Morgan fingerprint density at radius 2 is 1.10 bits per heavy atom. The fourth-order valence-corrected chi connectivity index (χ4v) is 3.36. The number of halogens is 2. The van der Waals surface area contributed by atoms with Crippen molar-refractivity contribution in [3.8, 4) is 0 Å². The van der Waals surface area contributed by atoms with Gasteiger partial charge in [0.1, 0.15) is 0 Å². The molecule has 5 rings (SSSR count). The number of allylic oxidation sites excluding steroid dienone is 8. The zero-order valence-corrected chi connectivity index (χ0v) is 23.2. The molecule has 0 unspecified atom stereocenters. The van der Waals surface area contributed by atoms with Gasteiger partial charge in [-0.1, -0.05) is 66.7 Å². The van der Waals surface area contributed by atoms with Gasteiger partial charge in [0.25, 0.3) is 0 Å².